The van der Waals surface area contributed by atoms with Crippen molar-refractivity contribution < 1.29 is 9.52 Å². The number of imidazole rings is 1. The van der Waals surface area contributed by atoms with E-state index in [0.29, 0.717) is 5.92 Å². The number of likely N-dealkylation sites (tertiary alicyclic amines) is 1. The zero-order valence-electron chi connectivity index (χ0n) is 17.0. The molecule has 0 radical (unpaired) electrons. The quantitative estimate of drug-likeness (QED) is 0.648. The van der Waals surface area contributed by atoms with Crippen LogP contribution >= 0.6 is 0 Å². The summed E-state index contributed by atoms with van der Waals surface area (Å²) in [6.45, 7) is 6.16. The average Bonchev–Trinajstić information content (AvgIpc) is 3.39. The maximum absolute atomic E-state index is 9.29. The minimum Gasteiger partial charge on any atom is -0.465 e. The van der Waals surface area contributed by atoms with Gasteiger partial charge in [-0.15, -0.1) is 0 Å². The maximum Gasteiger partial charge on any atom is 0.126 e. The van der Waals surface area contributed by atoms with Crippen LogP contribution in [0.5, 0.6) is 0 Å². The molecule has 1 N–H and O–H groups in total. The van der Waals surface area contributed by atoms with Crippen molar-refractivity contribution in [3.05, 3.63) is 66.5 Å². The molecule has 5 heteroatoms. The molecule has 0 spiro atoms. The number of aliphatic hydroxyl groups excluding tert-OH is 1. The number of aliphatic hydroxyl groups is 1. The summed E-state index contributed by atoms with van der Waals surface area (Å²) in [4.78, 5) is 7.16. The van der Waals surface area contributed by atoms with Crippen LogP contribution in [-0.4, -0.2) is 45.8 Å². The van der Waals surface area contributed by atoms with Crippen LogP contribution in [0, 0.1) is 5.92 Å². The lowest BCUT2D eigenvalue weighted by molar-refractivity contribution is 0.132. The van der Waals surface area contributed by atoms with E-state index in [1.807, 2.05) is 24.5 Å². The van der Waals surface area contributed by atoms with Gasteiger partial charge in [0.2, 0.25) is 0 Å². The smallest absolute Gasteiger partial charge is 0.126 e. The predicted octanol–water partition coefficient (Wildman–Crippen LogP) is 4.41. The molecule has 3 heterocycles. The van der Waals surface area contributed by atoms with Gasteiger partial charge >= 0.3 is 0 Å². The molecule has 1 atom stereocenters. The van der Waals surface area contributed by atoms with Gasteiger partial charge in [-0.1, -0.05) is 30.3 Å². The number of nitrogens with zero attached hydrogens (tertiary/aromatic N) is 3. The molecular weight excluding hydrogens is 362 g/mol. The number of rotatable bonds is 7. The molecular formula is C24H29N3O2. The summed E-state index contributed by atoms with van der Waals surface area (Å²) in [5.41, 5.74) is 4.42. The van der Waals surface area contributed by atoms with Crippen LogP contribution in [0.25, 0.3) is 22.9 Å². The summed E-state index contributed by atoms with van der Waals surface area (Å²) in [7, 11) is 0. The molecule has 0 amide bonds. The van der Waals surface area contributed by atoms with Crippen molar-refractivity contribution in [1.82, 2.24) is 14.5 Å². The van der Waals surface area contributed by atoms with E-state index in [1.54, 1.807) is 6.26 Å². The number of hydrogen-bond donors (Lipinski definition) is 1. The van der Waals surface area contributed by atoms with Gasteiger partial charge in [0.05, 0.1) is 30.6 Å². The highest BCUT2D eigenvalue weighted by Crippen LogP contribution is 2.30. The second kappa shape index (κ2) is 9.25. The normalized spacial score (nSPS) is 18.3. The fourth-order valence-corrected chi connectivity index (χ4v) is 4.32. The van der Waals surface area contributed by atoms with E-state index >= 15 is 0 Å². The first-order valence-corrected chi connectivity index (χ1v) is 10.4. The third-order valence-electron chi connectivity index (χ3n) is 5.63. The van der Waals surface area contributed by atoms with E-state index in [-0.39, 0.29) is 6.61 Å². The molecule has 2 aromatic heterocycles. The lowest BCUT2D eigenvalue weighted by Gasteiger charge is -2.32. The molecule has 1 fully saturated rings. The summed E-state index contributed by atoms with van der Waals surface area (Å²) < 4.78 is 7.84. The molecule has 1 aliphatic heterocycles. The fourth-order valence-electron chi connectivity index (χ4n) is 4.32. The Hall–Kier alpha value is -2.63. The second-order valence-corrected chi connectivity index (χ2v) is 7.84. The first-order valence-electron chi connectivity index (χ1n) is 10.4. The largest absolute Gasteiger partial charge is 0.465 e. The lowest BCUT2D eigenvalue weighted by atomic mass is 9.97. The number of hydrogen-bond acceptors (Lipinski definition) is 4. The van der Waals surface area contributed by atoms with E-state index in [1.165, 1.54) is 12.8 Å². The van der Waals surface area contributed by atoms with Crippen molar-refractivity contribution >= 4 is 11.6 Å². The number of piperidine rings is 1. The molecule has 1 aromatic carbocycles. The molecule has 29 heavy (non-hydrogen) atoms. The van der Waals surface area contributed by atoms with E-state index in [0.717, 1.165) is 54.5 Å². The number of furan rings is 1. The highest BCUT2D eigenvalue weighted by atomic mass is 16.3. The number of allylic oxidation sites excluding steroid dienone is 1. The number of benzene rings is 1. The summed E-state index contributed by atoms with van der Waals surface area (Å²) in [5, 5.41) is 9.29. The van der Waals surface area contributed by atoms with Crippen LogP contribution in [0.3, 0.4) is 0 Å². The van der Waals surface area contributed by atoms with Crippen LogP contribution < -0.4 is 0 Å². The molecule has 4 rings (SSSR count). The van der Waals surface area contributed by atoms with Gasteiger partial charge in [-0.25, -0.2) is 4.98 Å². The fraction of sp³-hybridized carbons (Fsp3) is 0.375. The molecule has 0 aliphatic carbocycles. The topological polar surface area (TPSA) is 54.4 Å². The summed E-state index contributed by atoms with van der Waals surface area (Å²) in [6.07, 6.45) is 8.15. The van der Waals surface area contributed by atoms with Crippen molar-refractivity contribution in [2.24, 2.45) is 5.92 Å². The Labute approximate surface area is 172 Å². The lowest BCUT2D eigenvalue weighted by Crippen LogP contribution is -2.38. The van der Waals surface area contributed by atoms with Gasteiger partial charge < -0.3 is 19.0 Å². The van der Waals surface area contributed by atoms with Crippen LogP contribution in [0.1, 0.15) is 31.2 Å². The van der Waals surface area contributed by atoms with Gasteiger partial charge in [-0.3, -0.25) is 0 Å². The number of β-amino-alcohol motifs (C(OH)–C–C–N with tert-alkyl or cyclic N) is 1. The van der Waals surface area contributed by atoms with Crippen LogP contribution in [0.4, 0.5) is 0 Å². The predicted molar refractivity (Wildman–Crippen MR) is 116 cm³/mol. The minimum atomic E-state index is 0.228. The molecule has 0 unspecified atom stereocenters. The van der Waals surface area contributed by atoms with Crippen molar-refractivity contribution in [3.8, 4) is 11.3 Å². The Balaban J connectivity index is 1.66. The third kappa shape index (κ3) is 4.69. The summed E-state index contributed by atoms with van der Waals surface area (Å²) >= 11 is 0. The first-order chi connectivity index (χ1) is 14.2. The van der Waals surface area contributed by atoms with E-state index in [2.05, 4.69) is 46.7 Å². The minimum absolute atomic E-state index is 0.228. The van der Waals surface area contributed by atoms with Gasteiger partial charge in [-0.2, -0.15) is 0 Å². The average molecular weight is 392 g/mol. The van der Waals surface area contributed by atoms with E-state index in [9.17, 15) is 5.11 Å². The SMILES string of the molecule is C/C(=C\c1ccco1)c1c(-c2ccccc2)ncn1C[C@H]1CCCN(CCO)C1. The van der Waals surface area contributed by atoms with E-state index < -0.39 is 0 Å². The number of aromatic nitrogens is 2. The van der Waals surface area contributed by atoms with Gasteiger partial charge in [0.1, 0.15) is 5.76 Å². The van der Waals surface area contributed by atoms with Crippen molar-refractivity contribution in [3.63, 3.8) is 0 Å². The maximum atomic E-state index is 9.29. The Morgan fingerprint density at radius 3 is 2.86 bits per heavy atom. The first kappa shape index (κ1) is 19.7. The molecule has 152 valence electrons. The molecule has 0 saturated carbocycles. The van der Waals surface area contributed by atoms with E-state index in [4.69, 9.17) is 9.40 Å². The van der Waals surface area contributed by atoms with Gasteiger partial charge in [0.15, 0.2) is 0 Å². The zero-order valence-corrected chi connectivity index (χ0v) is 17.0. The molecule has 1 saturated heterocycles. The Morgan fingerprint density at radius 2 is 2.10 bits per heavy atom. The highest BCUT2D eigenvalue weighted by molar-refractivity contribution is 5.84. The van der Waals surface area contributed by atoms with Gasteiger partial charge in [0.25, 0.3) is 0 Å². The monoisotopic (exact) mass is 391 g/mol. The van der Waals surface area contributed by atoms with Crippen molar-refractivity contribution in [1.29, 1.82) is 0 Å². The molecule has 1 aliphatic rings. The molecule has 0 bridgehead atoms. The standard InChI is InChI=1S/C24H29N3O2/c1-19(15-22-10-6-14-29-22)24-23(21-8-3-2-4-9-21)25-18-27(24)17-20-7-5-11-26(16-20)12-13-28/h2-4,6,8-10,14-15,18,20,28H,5,7,11-13,16-17H2,1H3/b19-15+/t20-/m0/s1. The van der Waals surface area contributed by atoms with Gasteiger partial charge in [0, 0.05) is 25.2 Å². The zero-order chi connectivity index (χ0) is 20.1. The Bertz CT molecular complexity index is 926. The van der Waals surface area contributed by atoms with Gasteiger partial charge in [-0.05, 0) is 56.0 Å². The van der Waals surface area contributed by atoms with Crippen molar-refractivity contribution in [2.45, 2.75) is 26.3 Å². The Morgan fingerprint density at radius 1 is 1.24 bits per heavy atom. The third-order valence-corrected chi connectivity index (χ3v) is 5.63. The summed E-state index contributed by atoms with van der Waals surface area (Å²) in [6, 6.07) is 14.2. The van der Waals surface area contributed by atoms with Crippen LogP contribution in [0.2, 0.25) is 0 Å². The van der Waals surface area contributed by atoms with Crippen LogP contribution in [0.15, 0.2) is 59.5 Å². The van der Waals surface area contributed by atoms with Crippen molar-refractivity contribution in [2.75, 3.05) is 26.2 Å². The summed E-state index contributed by atoms with van der Waals surface area (Å²) in [5.74, 6) is 1.41. The molecule has 3 aromatic rings. The second-order valence-electron chi connectivity index (χ2n) is 7.84. The highest BCUT2D eigenvalue weighted by Gasteiger charge is 2.22. The van der Waals surface area contributed by atoms with Crippen LogP contribution in [-0.2, 0) is 6.54 Å². The molecule has 5 nitrogen and oxygen atoms in total. The Kier molecular flexibility index (Phi) is 6.27.